The summed E-state index contributed by atoms with van der Waals surface area (Å²) in [5.41, 5.74) is 0.968. The van der Waals surface area contributed by atoms with Crippen LogP contribution in [0.4, 0.5) is 0 Å². The van der Waals surface area contributed by atoms with Gasteiger partial charge in [-0.1, -0.05) is 5.21 Å². The minimum Gasteiger partial charge on any atom is -0.476 e. The standard InChI is InChI=1S/C12H14N6O2/c1-8-13-3-2-9(14-8)4-17-5-10(6-17)18-7-11(12(19)20)15-16-18/h2-3,7,10H,4-6H2,1H3,(H,19,20). The normalized spacial score (nSPS) is 16.1. The summed E-state index contributed by atoms with van der Waals surface area (Å²) in [5, 5.41) is 16.3. The third kappa shape index (κ3) is 2.50. The Balaban J connectivity index is 1.57. The van der Waals surface area contributed by atoms with E-state index >= 15 is 0 Å². The average Bonchev–Trinajstić information content (AvgIpc) is 2.82. The number of aromatic nitrogens is 5. The lowest BCUT2D eigenvalue weighted by molar-refractivity contribution is 0.0690. The zero-order valence-electron chi connectivity index (χ0n) is 11.0. The molecule has 3 rings (SSSR count). The van der Waals surface area contributed by atoms with E-state index in [1.807, 2.05) is 13.0 Å². The second-order valence-corrected chi connectivity index (χ2v) is 4.83. The van der Waals surface area contributed by atoms with Crippen LogP contribution in [0.2, 0.25) is 0 Å². The zero-order valence-corrected chi connectivity index (χ0v) is 11.0. The molecule has 2 aromatic rings. The summed E-state index contributed by atoms with van der Waals surface area (Å²) >= 11 is 0. The van der Waals surface area contributed by atoms with Crippen LogP contribution in [0.25, 0.3) is 0 Å². The van der Waals surface area contributed by atoms with Crippen LogP contribution in [0.1, 0.15) is 28.0 Å². The quantitative estimate of drug-likeness (QED) is 0.846. The maximum atomic E-state index is 10.7. The van der Waals surface area contributed by atoms with Gasteiger partial charge in [0.05, 0.1) is 17.9 Å². The molecule has 104 valence electrons. The largest absolute Gasteiger partial charge is 0.476 e. The van der Waals surface area contributed by atoms with E-state index in [0.29, 0.717) is 0 Å². The lowest BCUT2D eigenvalue weighted by atomic mass is 10.1. The molecule has 20 heavy (non-hydrogen) atoms. The van der Waals surface area contributed by atoms with Crippen LogP contribution in [0.3, 0.4) is 0 Å². The van der Waals surface area contributed by atoms with Gasteiger partial charge in [-0.3, -0.25) is 4.90 Å². The third-order valence-electron chi connectivity index (χ3n) is 3.26. The van der Waals surface area contributed by atoms with Crippen LogP contribution in [-0.4, -0.2) is 54.0 Å². The first-order valence-corrected chi connectivity index (χ1v) is 6.28. The Kier molecular flexibility index (Phi) is 3.15. The molecule has 2 aromatic heterocycles. The van der Waals surface area contributed by atoms with Crippen LogP contribution in [-0.2, 0) is 6.54 Å². The van der Waals surface area contributed by atoms with E-state index in [2.05, 4.69) is 25.2 Å². The molecule has 1 fully saturated rings. The minimum atomic E-state index is -1.05. The number of hydrogen-bond donors (Lipinski definition) is 1. The highest BCUT2D eigenvalue weighted by atomic mass is 16.4. The van der Waals surface area contributed by atoms with Crippen molar-refractivity contribution in [3.8, 4) is 0 Å². The Labute approximate surface area is 115 Å². The molecular formula is C12H14N6O2. The molecule has 0 spiro atoms. The lowest BCUT2D eigenvalue weighted by Gasteiger charge is -2.38. The molecule has 0 bridgehead atoms. The summed E-state index contributed by atoms with van der Waals surface area (Å²) < 4.78 is 1.62. The van der Waals surface area contributed by atoms with Gasteiger partial charge in [-0.05, 0) is 13.0 Å². The van der Waals surface area contributed by atoms with Gasteiger partial charge in [0.2, 0.25) is 0 Å². The van der Waals surface area contributed by atoms with Crippen LogP contribution in [0.5, 0.6) is 0 Å². The first-order valence-electron chi connectivity index (χ1n) is 6.28. The van der Waals surface area contributed by atoms with Gasteiger partial charge in [0.1, 0.15) is 5.82 Å². The second-order valence-electron chi connectivity index (χ2n) is 4.83. The van der Waals surface area contributed by atoms with E-state index in [1.54, 1.807) is 10.9 Å². The highest BCUT2D eigenvalue weighted by Crippen LogP contribution is 2.21. The van der Waals surface area contributed by atoms with E-state index in [4.69, 9.17) is 5.11 Å². The molecule has 0 atom stereocenters. The number of rotatable bonds is 4. The van der Waals surface area contributed by atoms with Gasteiger partial charge >= 0.3 is 5.97 Å². The van der Waals surface area contributed by atoms with Gasteiger partial charge in [0, 0.05) is 25.8 Å². The van der Waals surface area contributed by atoms with E-state index < -0.39 is 5.97 Å². The Morgan fingerprint density at radius 2 is 2.30 bits per heavy atom. The van der Waals surface area contributed by atoms with Crippen molar-refractivity contribution in [2.45, 2.75) is 19.5 Å². The number of carboxylic acids is 1. The fourth-order valence-corrected chi connectivity index (χ4v) is 2.21. The zero-order chi connectivity index (χ0) is 14.1. The smallest absolute Gasteiger partial charge is 0.358 e. The summed E-state index contributed by atoms with van der Waals surface area (Å²) in [7, 11) is 0. The monoisotopic (exact) mass is 274 g/mol. The summed E-state index contributed by atoms with van der Waals surface area (Å²) in [6.07, 6.45) is 3.23. The summed E-state index contributed by atoms with van der Waals surface area (Å²) in [5.74, 6) is -0.286. The van der Waals surface area contributed by atoms with Crippen molar-refractivity contribution in [2.75, 3.05) is 13.1 Å². The highest BCUT2D eigenvalue weighted by molar-refractivity contribution is 5.84. The molecule has 0 saturated carbocycles. The van der Waals surface area contributed by atoms with E-state index in [-0.39, 0.29) is 11.7 Å². The van der Waals surface area contributed by atoms with Gasteiger partial charge in [-0.2, -0.15) is 0 Å². The predicted octanol–water partition coefficient (Wildman–Crippen LogP) is 0.132. The Morgan fingerprint density at radius 3 is 2.95 bits per heavy atom. The number of nitrogens with zero attached hydrogens (tertiary/aromatic N) is 6. The van der Waals surface area contributed by atoms with Crippen molar-refractivity contribution in [3.05, 3.63) is 35.7 Å². The van der Waals surface area contributed by atoms with Gasteiger partial charge < -0.3 is 5.11 Å². The molecule has 0 unspecified atom stereocenters. The molecular weight excluding hydrogens is 260 g/mol. The van der Waals surface area contributed by atoms with E-state index in [1.165, 1.54) is 6.20 Å². The molecule has 0 radical (unpaired) electrons. The van der Waals surface area contributed by atoms with Gasteiger partial charge in [-0.25, -0.2) is 19.4 Å². The van der Waals surface area contributed by atoms with Crippen LogP contribution >= 0.6 is 0 Å². The van der Waals surface area contributed by atoms with Crippen LogP contribution < -0.4 is 0 Å². The maximum absolute atomic E-state index is 10.7. The van der Waals surface area contributed by atoms with Crippen molar-refractivity contribution in [1.29, 1.82) is 0 Å². The van der Waals surface area contributed by atoms with Crippen molar-refractivity contribution < 1.29 is 9.90 Å². The fourth-order valence-electron chi connectivity index (χ4n) is 2.21. The summed E-state index contributed by atoms with van der Waals surface area (Å²) in [6, 6.07) is 2.08. The number of carbonyl (C=O) groups is 1. The van der Waals surface area contributed by atoms with Crippen molar-refractivity contribution in [3.63, 3.8) is 0 Å². The number of hydrogen-bond acceptors (Lipinski definition) is 6. The first kappa shape index (κ1) is 12.7. The second kappa shape index (κ2) is 4.97. The molecule has 1 aliphatic heterocycles. The van der Waals surface area contributed by atoms with Crippen molar-refractivity contribution in [2.24, 2.45) is 0 Å². The maximum Gasteiger partial charge on any atom is 0.358 e. The molecule has 1 N–H and O–H groups in total. The molecule has 1 saturated heterocycles. The lowest BCUT2D eigenvalue weighted by Crippen LogP contribution is -2.47. The highest BCUT2D eigenvalue weighted by Gasteiger charge is 2.29. The first-order chi connectivity index (χ1) is 9.61. The molecule has 3 heterocycles. The Bertz CT molecular complexity index is 634. The summed E-state index contributed by atoms with van der Waals surface area (Å²) in [4.78, 5) is 21.4. The minimum absolute atomic E-state index is 0.0186. The molecule has 8 heteroatoms. The number of likely N-dealkylation sites (tertiary alicyclic amines) is 1. The molecule has 1 aliphatic rings. The number of aryl methyl sites for hydroxylation is 1. The van der Waals surface area contributed by atoms with Crippen molar-refractivity contribution in [1.82, 2.24) is 29.9 Å². The molecule has 0 amide bonds. The van der Waals surface area contributed by atoms with Crippen LogP contribution in [0, 0.1) is 6.92 Å². The number of aromatic carboxylic acids is 1. The van der Waals surface area contributed by atoms with Crippen LogP contribution in [0.15, 0.2) is 18.5 Å². The van der Waals surface area contributed by atoms with Gasteiger partial charge in [0.25, 0.3) is 0 Å². The summed E-state index contributed by atoms with van der Waals surface area (Å²) in [6.45, 7) is 4.25. The van der Waals surface area contributed by atoms with Crippen molar-refractivity contribution >= 4 is 5.97 Å². The van der Waals surface area contributed by atoms with E-state index in [0.717, 1.165) is 31.2 Å². The number of carboxylic acid groups (broad SMARTS) is 1. The topological polar surface area (TPSA) is 97.0 Å². The third-order valence-corrected chi connectivity index (χ3v) is 3.26. The Morgan fingerprint density at radius 1 is 1.50 bits per heavy atom. The average molecular weight is 274 g/mol. The Hall–Kier alpha value is -2.35. The van der Waals surface area contributed by atoms with Gasteiger partial charge in [0.15, 0.2) is 5.69 Å². The molecule has 0 aliphatic carbocycles. The fraction of sp³-hybridized carbons (Fsp3) is 0.417. The SMILES string of the molecule is Cc1nccc(CN2CC(n3cc(C(=O)O)nn3)C2)n1. The van der Waals surface area contributed by atoms with E-state index in [9.17, 15) is 4.79 Å². The van der Waals surface area contributed by atoms with Gasteiger partial charge in [-0.15, -0.1) is 5.10 Å². The molecule has 0 aromatic carbocycles. The molecule has 8 nitrogen and oxygen atoms in total. The predicted molar refractivity (Wildman–Crippen MR) is 68.1 cm³/mol.